The summed E-state index contributed by atoms with van der Waals surface area (Å²) in [6.45, 7) is 2.91. The number of aliphatic carboxylic acids is 1. The number of carboxylic acid groups (broad SMARTS) is 1. The first-order valence-corrected chi connectivity index (χ1v) is 15.1. The predicted octanol–water partition coefficient (Wildman–Crippen LogP) is 6.86. The van der Waals surface area contributed by atoms with E-state index in [0.717, 1.165) is 12.8 Å². The van der Waals surface area contributed by atoms with Gasteiger partial charge in [0.15, 0.2) is 0 Å². The van der Waals surface area contributed by atoms with Crippen molar-refractivity contribution in [2.75, 3.05) is 26.4 Å². The SMILES string of the molecule is CCCCCCCCCCCCC(CCCCCCCCCC)CC(=O)O.OCC(CO)(CO)CO. The lowest BCUT2D eigenvalue weighted by atomic mass is 9.91. The molecule has 6 nitrogen and oxygen atoms in total. The molecule has 0 amide bonds. The molecule has 0 radical (unpaired) electrons. The van der Waals surface area contributed by atoms with Crippen molar-refractivity contribution in [2.45, 2.75) is 149 Å². The van der Waals surface area contributed by atoms with E-state index in [1.165, 1.54) is 116 Å². The van der Waals surface area contributed by atoms with Crippen molar-refractivity contribution in [3.63, 3.8) is 0 Å². The van der Waals surface area contributed by atoms with Gasteiger partial charge in [0, 0.05) is 6.42 Å². The minimum absolute atomic E-state index is 0.383. The topological polar surface area (TPSA) is 118 Å². The second-order valence-electron chi connectivity index (χ2n) is 10.8. The van der Waals surface area contributed by atoms with Gasteiger partial charge < -0.3 is 25.5 Å². The molecule has 0 aromatic carbocycles. The highest BCUT2D eigenvalue weighted by atomic mass is 16.4. The molecule has 0 aliphatic rings. The summed E-state index contributed by atoms with van der Waals surface area (Å²) >= 11 is 0. The normalized spacial score (nSPS) is 12.3. The quantitative estimate of drug-likeness (QED) is 0.0798. The van der Waals surface area contributed by atoms with E-state index in [2.05, 4.69) is 13.8 Å². The van der Waals surface area contributed by atoms with Crippen LogP contribution < -0.4 is 0 Å². The van der Waals surface area contributed by atoms with E-state index in [4.69, 9.17) is 25.5 Å². The number of carbonyl (C=O) groups is 1. The zero-order valence-electron chi connectivity index (χ0n) is 23.9. The highest BCUT2D eigenvalue weighted by Crippen LogP contribution is 2.22. The van der Waals surface area contributed by atoms with Gasteiger partial charge in [-0.25, -0.2) is 0 Å². The zero-order chi connectivity index (χ0) is 27.3. The first kappa shape index (κ1) is 37.5. The van der Waals surface area contributed by atoms with Gasteiger partial charge in [0.1, 0.15) is 0 Å². The Balaban J connectivity index is 0. The number of aliphatic hydroxyl groups is 4. The molecular weight excluding hydrogens is 456 g/mol. The zero-order valence-corrected chi connectivity index (χ0v) is 23.9. The largest absolute Gasteiger partial charge is 0.481 e. The molecule has 0 heterocycles. The second-order valence-corrected chi connectivity index (χ2v) is 10.8. The van der Waals surface area contributed by atoms with Crippen LogP contribution in [0.3, 0.4) is 0 Å². The minimum atomic E-state index is -1.11. The van der Waals surface area contributed by atoms with Crippen molar-refractivity contribution >= 4 is 5.97 Å². The van der Waals surface area contributed by atoms with E-state index in [-0.39, 0.29) is 0 Å². The Morgan fingerprint density at radius 3 is 1.03 bits per heavy atom. The van der Waals surface area contributed by atoms with Crippen molar-refractivity contribution in [3.05, 3.63) is 0 Å². The van der Waals surface area contributed by atoms with E-state index in [0.29, 0.717) is 12.3 Å². The molecule has 218 valence electrons. The Bertz CT molecular complexity index is 422. The molecule has 36 heavy (non-hydrogen) atoms. The second kappa shape index (κ2) is 28.9. The van der Waals surface area contributed by atoms with Gasteiger partial charge >= 0.3 is 5.97 Å². The number of hydrogen-bond acceptors (Lipinski definition) is 5. The molecule has 0 saturated carbocycles. The molecule has 0 aliphatic carbocycles. The molecule has 0 bridgehead atoms. The fourth-order valence-corrected chi connectivity index (χ4v) is 4.38. The number of carboxylic acids is 1. The maximum Gasteiger partial charge on any atom is 0.303 e. The Labute approximate surface area is 222 Å². The molecule has 0 aromatic rings. The monoisotopic (exact) mass is 518 g/mol. The summed E-state index contributed by atoms with van der Waals surface area (Å²) in [5.74, 6) is -0.191. The van der Waals surface area contributed by atoms with Crippen LogP contribution in [-0.2, 0) is 4.79 Å². The third-order valence-corrected chi connectivity index (χ3v) is 7.24. The summed E-state index contributed by atoms with van der Waals surface area (Å²) in [5.41, 5.74) is -1.11. The Kier molecular flexibility index (Phi) is 30.0. The smallest absolute Gasteiger partial charge is 0.303 e. The molecule has 0 aromatic heterocycles. The first-order chi connectivity index (χ1) is 17.4. The van der Waals surface area contributed by atoms with Crippen molar-refractivity contribution in [3.8, 4) is 0 Å². The molecule has 1 unspecified atom stereocenters. The highest BCUT2D eigenvalue weighted by Gasteiger charge is 2.26. The Hall–Kier alpha value is -0.690. The molecule has 6 heteroatoms. The summed E-state index contributed by atoms with van der Waals surface area (Å²) in [7, 11) is 0. The average molecular weight is 519 g/mol. The van der Waals surface area contributed by atoms with E-state index < -0.39 is 37.8 Å². The van der Waals surface area contributed by atoms with Crippen LogP contribution in [0.25, 0.3) is 0 Å². The van der Waals surface area contributed by atoms with Gasteiger partial charge in [-0.05, 0) is 18.8 Å². The summed E-state index contributed by atoms with van der Waals surface area (Å²) < 4.78 is 0. The minimum Gasteiger partial charge on any atom is -0.481 e. The van der Waals surface area contributed by atoms with Crippen LogP contribution in [0.5, 0.6) is 0 Å². The molecule has 0 saturated heterocycles. The molecule has 1 atom stereocenters. The van der Waals surface area contributed by atoms with Crippen LogP contribution in [0.1, 0.15) is 149 Å². The Morgan fingerprint density at radius 2 is 0.806 bits per heavy atom. The lowest BCUT2D eigenvalue weighted by Crippen LogP contribution is -2.37. The maximum atomic E-state index is 11.1. The van der Waals surface area contributed by atoms with Gasteiger partial charge in [0.2, 0.25) is 0 Å². The van der Waals surface area contributed by atoms with Crippen LogP contribution in [0.4, 0.5) is 0 Å². The van der Waals surface area contributed by atoms with Crippen molar-refractivity contribution in [2.24, 2.45) is 11.3 Å². The van der Waals surface area contributed by atoms with E-state index >= 15 is 0 Å². The maximum absolute atomic E-state index is 11.1. The van der Waals surface area contributed by atoms with Gasteiger partial charge in [0.05, 0.1) is 31.8 Å². The number of hydrogen-bond donors (Lipinski definition) is 5. The number of aliphatic hydroxyl groups excluding tert-OH is 4. The number of unbranched alkanes of at least 4 members (excludes halogenated alkanes) is 16. The van der Waals surface area contributed by atoms with Gasteiger partial charge in [-0.1, -0.05) is 129 Å². The fourth-order valence-electron chi connectivity index (χ4n) is 4.38. The molecular formula is C30H62O6. The van der Waals surface area contributed by atoms with Gasteiger partial charge in [-0.3, -0.25) is 4.79 Å². The molecule has 0 rings (SSSR count). The average Bonchev–Trinajstić information content (AvgIpc) is 2.88. The highest BCUT2D eigenvalue weighted by molar-refractivity contribution is 5.66. The van der Waals surface area contributed by atoms with Crippen molar-refractivity contribution < 1.29 is 30.3 Å². The van der Waals surface area contributed by atoms with Crippen molar-refractivity contribution in [1.82, 2.24) is 0 Å². The van der Waals surface area contributed by atoms with Gasteiger partial charge in [-0.15, -0.1) is 0 Å². The van der Waals surface area contributed by atoms with E-state index in [9.17, 15) is 4.79 Å². The first-order valence-electron chi connectivity index (χ1n) is 15.1. The van der Waals surface area contributed by atoms with Crippen molar-refractivity contribution in [1.29, 1.82) is 0 Å². The predicted molar refractivity (Wildman–Crippen MR) is 150 cm³/mol. The Morgan fingerprint density at radius 1 is 0.528 bits per heavy atom. The summed E-state index contributed by atoms with van der Waals surface area (Å²) in [5, 5.41) is 43.2. The third-order valence-electron chi connectivity index (χ3n) is 7.24. The van der Waals surface area contributed by atoms with Gasteiger partial charge in [0.25, 0.3) is 0 Å². The van der Waals surface area contributed by atoms with Gasteiger partial charge in [-0.2, -0.15) is 0 Å². The molecule has 0 aliphatic heterocycles. The molecule has 0 spiro atoms. The lowest BCUT2D eigenvalue weighted by molar-refractivity contribution is -0.138. The number of rotatable bonds is 26. The molecule has 5 N–H and O–H groups in total. The standard InChI is InChI=1S/C25H50O2.C5H12O4/c1-3-5-7-9-11-13-14-16-18-20-22-24(23-25(26)27)21-19-17-15-12-10-8-6-4-2;6-1-5(2-7,3-8)4-9/h24H,3-23H2,1-2H3,(H,26,27);6-9H,1-4H2. The summed E-state index contributed by atoms with van der Waals surface area (Å²) in [4.78, 5) is 11.1. The van der Waals surface area contributed by atoms with Crippen LogP contribution in [0.15, 0.2) is 0 Å². The summed E-state index contributed by atoms with van der Waals surface area (Å²) in [6, 6.07) is 0. The van der Waals surface area contributed by atoms with Crippen LogP contribution >= 0.6 is 0 Å². The summed E-state index contributed by atoms with van der Waals surface area (Å²) in [6.07, 6.45) is 26.9. The van der Waals surface area contributed by atoms with E-state index in [1.54, 1.807) is 0 Å². The fraction of sp³-hybridized carbons (Fsp3) is 0.967. The van der Waals surface area contributed by atoms with Crippen LogP contribution in [0, 0.1) is 11.3 Å². The van der Waals surface area contributed by atoms with E-state index in [1.807, 2.05) is 0 Å². The lowest BCUT2D eigenvalue weighted by Gasteiger charge is -2.23. The van der Waals surface area contributed by atoms with Crippen LogP contribution in [0.2, 0.25) is 0 Å². The third kappa shape index (κ3) is 25.0. The van der Waals surface area contributed by atoms with Crippen LogP contribution in [-0.4, -0.2) is 57.9 Å². The molecule has 0 fully saturated rings.